The van der Waals surface area contributed by atoms with E-state index in [-0.39, 0.29) is 10.8 Å². The molecule has 214 valence electrons. The van der Waals surface area contributed by atoms with Crippen molar-refractivity contribution in [2.45, 2.75) is 64.1 Å². The molecule has 0 spiro atoms. The van der Waals surface area contributed by atoms with Gasteiger partial charge in [-0.1, -0.05) is 149 Å². The van der Waals surface area contributed by atoms with Crippen LogP contribution in [-0.2, 0) is 13.8 Å². The van der Waals surface area contributed by atoms with Gasteiger partial charge in [0.05, 0.1) is 5.66 Å². The second-order valence-corrected chi connectivity index (χ2v) is 19.2. The molecule has 1 atom stereocenters. The lowest BCUT2D eigenvalue weighted by Gasteiger charge is -2.43. The van der Waals surface area contributed by atoms with E-state index in [9.17, 15) is 9.36 Å². The van der Waals surface area contributed by atoms with Crippen molar-refractivity contribution >= 4 is 42.2 Å². The monoisotopic (exact) mass is 582 g/mol. The van der Waals surface area contributed by atoms with Crippen molar-refractivity contribution in [3.05, 3.63) is 121 Å². The van der Waals surface area contributed by atoms with Crippen molar-refractivity contribution in [2.75, 3.05) is 6.61 Å². The highest BCUT2D eigenvalue weighted by Crippen LogP contribution is 2.49. The Morgan fingerprint density at radius 2 is 1.10 bits per heavy atom. The molecular formula is C36H43O3PSi. The van der Waals surface area contributed by atoms with Crippen LogP contribution in [0.3, 0.4) is 0 Å². The van der Waals surface area contributed by atoms with Crippen LogP contribution in [0.2, 0.25) is 5.04 Å². The Morgan fingerprint density at radius 1 is 0.683 bits per heavy atom. The first-order valence-corrected chi connectivity index (χ1v) is 18.4. The van der Waals surface area contributed by atoms with Crippen LogP contribution in [0.5, 0.6) is 0 Å². The number of Topliss-reactive ketones (excluding diaryl/α,β-unsaturated/α-hetero) is 1. The van der Waals surface area contributed by atoms with E-state index >= 15 is 0 Å². The highest BCUT2D eigenvalue weighted by Gasteiger charge is 2.50. The van der Waals surface area contributed by atoms with Gasteiger partial charge in [-0.05, 0) is 35.2 Å². The van der Waals surface area contributed by atoms with E-state index in [4.69, 9.17) is 4.43 Å². The summed E-state index contributed by atoms with van der Waals surface area (Å²) in [6, 6.07) is 40.3. The summed E-state index contributed by atoms with van der Waals surface area (Å²) in [4.78, 5) is 13.4. The van der Waals surface area contributed by atoms with Gasteiger partial charge in [0.25, 0.3) is 8.32 Å². The average Bonchev–Trinajstić information content (AvgIpc) is 3.01. The van der Waals surface area contributed by atoms with Crippen LogP contribution in [0.4, 0.5) is 0 Å². The summed E-state index contributed by atoms with van der Waals surface area (Å²) in [5.74, 6) is 0.0638. The Balaban J connectivity index is 1.42. The molecular weight excluding hydrogens is 539 g/mol. The number of ketones is 1. The zero-order valence-corrected chi connectivity index (χ0v) is 26.7. The second-order valence-electron chi connectivity index (χ2n) is 11.8. The molecule has 0 saturated carbocycles. The normalized spacial score (nSPS) is 13.1. The minimum Gasteiger partial charge on any atom is -0.407 e. The molecule has 0 heterocycles. The number of carbonyl (C=O) groups is 1. The van der Waals surface area contributed by atoms with E-state index in [1.54, 1.807) is 0 Å². The Morgan fingerprint density at radius 3 is 1.51 bits per heavy atom. The molecule has 41 heavy (non-hydrogen) atoms. The van der Waals surface area contributed by atoms with Crippen molar-refractivity contribution in [1.82, 2.24) is 0 Å². The number of unbranched alkanes of at least 4 members (excludes halogenated alkanes) is 2. The van der Waals surface area contributed by atoms with Gasteiger partial charge in [-0.25, -0.2) is 0 Å². The number of hydrogen-bond donors (Lipinski definition) is 0. The topological polar surface area (TPSA) is 43.4 Å². The summed E-state index contributed by atoms with van der Waals surface area (Å²) in [5, 5.41) is 3.98. The summed E-state index contributed by atoms with van der Waals surface area (Å²) in [5.41, 5.74) is -0.569. The molecule has 5 heteroatoms. The molecule has 1 unspecified atom stereocenters. The molecule has 0 amide bonds. The van der Waals surface area contributed by atoms with Crippen LogP contribution >= 0.6 is 7.14 Å². The van der Waals surface area contributed by atoms with Crippen molar-refractivity contribution in [1.29, 1.82) is 0 Å². The standard InChI is InChI=1S/C36H43O3PSi/c1-30(40(38,31-20-10-5-11-21-31)32-22-12-6-13-23-32)35(37)28-18-9-19-29-39-41(36(2,3)4,33-24-14-7-15-25-33)34-26-16-8-17-27-34/h5-8,10-17,20-27,30H,9,18-19,28-29H2,1-4H3. The van der Waals surface area contributed by atoms with Gasteiger partial charge in [0.2, 0.25) is 0 Å². The summed E-state index contributed by atoms with van der Waals surface area (Å²) in [6.07, 6.45) is 2.94. The van der Waals surface area contributed by atoms with E-state index in [0.717, 1.165) is 29.9 Å². The van der Waals surface area contributed by atoms with Crippen LogP contribution in [0.15, 0.2) is 121 Å². The molecule has 0 N–H and O–H groups in total. The SMILES string of the molecule is CC(C(=O)CCCCCO[Si](c1ccccc1)(c1ccccc1)C(C)(C)C)P(=O)(c1ccccc1)c1ccccc1. The molecule has 4 rings (SSSR count). The second kappa shape index (κ2) is 13.7. The van der Waals surface area contributed by atoms with Crippen LogP contribution in [0, 0.1) is 0 Å². The maximum Gasteiger partial charge on any atom is 0.261 e. The predicted molar refractivity (Wildman–Crippen MR) is 176 cm³/mol. The third-order valence-corrected chi connectivity index (χ3v) is 16.6. The Bertz CT molecular complexity index is 1330. The lowest BCUT2D eigenvalue weighted by molar-refractivity contribution is -0.118. The maximum absolute atomic E-state index is 14.5. The molecule has 0 aliphatic heterocycles. The molecule has 0 radical (unpaired) electrons. The summed E-state index contributed by atoms with van der Waals surface area (Å²) in [6.45, 7) is 9.35. The summed E-state index contributed by atoms with van der Waals surface area (Å²) in [7, 11) is -5.66. The zero-order valence-electron chi connectivity index (χ0n) is 24.8. The van der Waals surface area contributed by atoms with Gasteiger partial charge in [-0.15, -0.1) is 0 Å². The Labute approximate surface area is 247 Å². The molecule has 0 bridgehead atoms. The molecule has 0 fully saturated rings. The first-order valence-electron chi connectivity index (χ1n) is 14.7. The molecule has 4 aromatic carbocycles. The lowest BCUT2D eigenvalue weighted by Crippen LogP contribution is -2.66. The molecule has 0 aliphatic carbocycles. The van der Waals surface area contributed by atoms with E-state index in [1.165, 1.54) is 10.4 Å². The van der Waals surface area contributed by atoms with Gasteiger partial charge in [0.1, 0.15) is 5.78 Å². The highest BCUT2D eigenvalue weighted by atomic mass is 31.2. The molecule has 0 aliphatic rings. The van der Waals surface area contributed by atoms with Gasteiger partial charge in [0, 0.05) is 23.6 Å². The van der Waals surface area contributed by atoms with E-state index < -0.39 is 21.1 Å². The highest BCUT2D eigenvalue weighted by molar-refractivity contribution is 7.80. The molecule has 4 aromatic rings. The maximum atomic E-state index is 14.5. The Hall–Kier alpha value is -3.04. The minimum atomic E-state index is -3.11. The quantitative estimate of drug-likeness (QED) is 0.0960. The number of rotatable bonds is 13. The third-order valence-electron chi connectivity index (χ3n) is 8.09. The van der Waals surface area contributed by atoms with Crippen molar-refractivity contribution in [3.8, 4) is 0 Å². The Kier molecular flexibility index (Phi) is 10.4. The first-order chi connectivity index (χ1) is 19.7. The number of hydrogen-bond acceptors (Lipinski definition) is 3. The minimum absolute atomic E-state index is 0.0584. The summed E-state index contributed by atoms with van der Waals surface area (Å²) < 4.78 is 21.5. The summed E-state index contributed by atoms with van der Waals surface area (Å²) >= 11 is 0. The predicted octanol–water partition coefficient (Wildman–Crippen LogP) is 7.10. The molecule has 3 nitrogen and oxygen atoms in total. The third kappa shape index (κ3) is 6.72. The number of carbonyl (C=O) groups excluding carboxylic acids is 1. The lowest BCUT2D eigenvalue weighted by atomic mass is 10.1. The van der Waals surface area contributed by atoms with Crippen molar-refractivity contribution in [2.24, 2.45) is 0 Å². The first kappa shape index (κ1) is 30.9. The van der Waals surface area contributed by atoms with E-state index in [1.807, 2.05) is 67.6 Å². The fourth-order valence-corrected chi connectivity index (χ4v) is 13.4. The fraction of sp³-hybridized carbons (Fsp3) is 0.306. The van der Waals surface area contributed by atoms with E-state index in [2.05, 4.69) is 81.4 Å². The molecule has 0 saturated heterocycles. The smallest absolute Gasteiger partial charge is 0.261 e. The van der Waals surface area contributed by atoms with Crippen LogP contribution in [0.25, 0.3) is 0 Å². The van der Waals surface area contributed by atoms with Gasteiger partial charge in [-0.3, -0.25) is 4.79 Å². The van der Waals surface area contributed by atoms with Gasteiger partial charge in [0.15, 0.2) is 7.14 Å². The number of benzene rings is 4. The van der Waals surface area contributed by atoms with Crippen molar-refractivity contribution in [3.63, 3.8) is 0 Å². The fourth-order valence-electron chi connectivity index (χ4n) is 5.87. The largest absolute Gasteiger partial charge is 0.407 e. The van der Waals surface area contributed by atoms with E-state index in [0.29, 0.717) is 13.0 Å². The average molecular weight is 583 g/mol. The molecule has 0 aromatic heterocycles. The van der Waals surface area contributed by atoms with Crippen LogP contribution in [0.1, 0.15) is 53.4 Å². The van der Waals surface area contributed by atoms with Gasteiger partial charge in [-0.2, -0.15) is 0 Å². The van der Waals surface area contributed by atoms with Gasteiger partial charge >= 0.3 is 0 Å². The van der Waals surface area contributed by atoms with Crippen LogP contribution in [-0.4, -0.2) is 26.4 Å². The zero-order chi connectivity index (χ0) is 29.3. The van der Waals surface area contributed by atoms with Gasteiger partial charge < -0.3 is 8.99 Å². The van der Waals surface area contributed by atoms with Crippen LogP contribution < -0.4 is 21.0 Å². The van der Waals surface area contributed by atoms with Crippen molar-refractivity contribution < 1.29 is 13.8 Å².